The molecule has 5 rings (SSSR count). The molecule has 0 bridgehead atoms. The largest absolute Gasteiger partial charge is 0.494 e. The third kappa shape index (κ3) is 5.34. The zero-order valence-corrected chi connectivity index (χ0v) is 22.6. The minimum absolute atomic E-state index is 0.0109. The van der Waals surface area contributed by atoms with Crippen molar-refractivity contribution in [2.45, 2.75) is 38.4 Å². The topological polar surface area (TPSA) is 124 Å². The normalized spacial score (nSPS) is 15.9. The summed E-state index contributed by atoms with van der Waals surface area (Å²) in [6.07, 6.45) is -3.99. The van der Waals surface area contributed by atoms with Crippen molar-refractivity contribution >= 4 is 28.4 Å². The highest BCUT2D eigenvalue weighted by atomic mass is 19.4. The van der Waals surface area contributed by atoms with Crippen molar-refractivity contribution in [3.05, 3.63) is 71.2 Å². The number of pyridine rings is 1. The van der Waals surface area contributed by atoms with Crippen LogP contribution in [-0.4, -0.2) is 42.0 Å². The second-order valence-corrected chi connectivity index (χ2v) is 9.85. The van der Waals surface area contributed by atoms with Crippen molar-refractivity contribution in [1.82, 2.24) is 15.3 Å². The minimum Gasteiger partial charge on any atom is -0.494 e. The number of hydrogen-bond donors (Lipinski definition) is 2. The number of methoxy groups -OCH3 is 1. The molecule has 0 spiro atoms. The average molecular weight is 568 g/mol. The van der Waals surface area contributed by atoms with E-state index in [1.165, 1.54) is 26.2 Å². The number of alkyl halides is 3. The van der Waals surface area contributed by atoms with E-state index in [0.29, 0.717) is 23.9 Å². The summed E-state index contributed by atoms with van der Waals surface area (Å²) in [5.74, 6) is -0.301. The van der Waals surface area contributed by atoms with E-state index >= 15 is 0 Å². The number of carbonyl (C=O) groups is 2. The Labute approximate surface area is 233 Å². The van der Waals surface area contributed by atoms with Crippen LogP contribution in [0, 0.1) is 0 Å². The van der Waals surface area contributed by atoms with E-state index in [-0.39, 0.29) is 47.0 Å². The summed E-state index contributed by atoms with van der Waals surface area (Å²) in [6, 6.07) is 12.1. The number of rotatable bonds is 6. The maximum atomic E-state index is 13.3. The molecule has 3 N–H and O–H groups in total. The van der Waals surface area contributed by atoms with Crippen LogP contribution in [0.3, 0.4) is 0 Å². The lowest BCUT2D eigenvalue weighted by Crippen LogP contribution is -2.38. The van der Waals surface area contributed by atoms with Gasteiger partial charge in [-0.05, 0) is 49.2 Å². The first-order valence-corrected chi connectivity index (χ1v) is 13.0. The first-order chi connectivity index (χ1) is 19.5. The minimum atomic E-state index is -4.64. The van der Waals surface area contributed by atoms with Crippen LogP contribution < -0.4 is 20.7 Å². The molecule has 2 amide bonds. The van der Waals surface area contributed by atoms with Crippen LogP contribution in [0.1, 0.15) is 59.7 Å². The van der Waals surface area contributed by atoms with Gasteiger partial charge in [0.1, 0.15) is 17.0 Å². The maximum absolute atomic E-state index is 13.3. The molecule has 9 nitrogen and oxygen atoms in total. The maximum Gasteiger partial charge on any atom is 0.433 e. The predicted octanol–water partition coefficient (Wildman–Crippen LogP) is 5.21. The predicted molar refractivity (Wildman–Crippen MR) is 146 cm³/mol. The van der Waals surface area contributed by atoms with Crippen molar-refractivity contribution in [3.8, 4) is 17.2 Å². The molecule has 1 unspecified atom stereocenters. The number of hydrogen-bond acceptors (Lipinski definition) is 7. The lowest BCUT2D eigenvalue weighted by atomic mass is 9.89. The van der Waals surface area contributed by atoms with Crippen LogP contribution in [0.25, 0.3) is 22.4 Å². The van der Waals surface area contributed by atoms with E-state index in [1.807, 2.05) is 24.3 Å². The molecule has 2 aromatic carbocycles. The van der Waals surface area contributed by atoms with Crippen LogP contribution >= 0.6 is 0 Å². The molecule has 12 heteroatoms. The van der Waals surface area contributed by atoms with Crippen molar-refractivity contribution in [2.75, 3.05) is 25.1 Å². The third-order valence-corrected chi connectivity index (χ3v) is 7.10. The fourth-order valence-electron chi connectivity index (χ4n) is 5.10. The van der Waals surface area contributed by atoms with E-state index in [2.05, 4.69) is 15.3 Å². The van der Waals surface area contributed by atoms with Gasteiger partial charge in [-0.2, -0.15) is 13.2 Å². The highest BCUT2D eigenvalue weighted by molar-refractivity contribution is 5.98. The molecule has 0 saturated heterocycles. The standard InChI is InChI=1S/C29H28F3N5O4/c1-15(33)26-25(27(39)34-14-17-12-13-37(16(2)38)21-7-5-4-6-18(17)21)36-28(41-26)20-8-10-22(40-3)24-19(20)9-11-23(35-24)29(30,31)32/h4-11,15,17H,12-14,33H2,1-3H3,(H,34,39)/t15-,17?/m0/s1. The Hall–Kier alpha value is -4.45. The quantitative estimate of drug-likeness (QED) is 0.328. The number of ether oxygens (including phenoxy) is 1. The average Bonchev–Trinajstić information content (AvgIpc) is 3.40. The first kappa shape index (κ1) is 28.1. The Balaban J connectivity index is 1.46. The highest BCUT2D eigenvalue weighted by Gasteiger charge is 2.34. The molecular formula is C29H28F3N5O4. The second-order valence-electron chi connectivity index (χ2n) is 9.85. The van der Waals surface area contributed by atoms with Crippen LogP contribution in [0.15, 0.2) is 52.9 Å². The summed E-state index contributed by atoms with van der Waals surface area (Å²) in [7, 11) is 1.33. The van der Waals surface area contributed by atoms with Gasteiger partial charge in [0.2, 0.25) is 11.8 Å². The number of benzene rings is 2. The molecule has 41 heavy (non-hydrogen) atoms. The van der Waals surface area contributed by atoms with Gasteiger partial charge in [-0.3, -0.25) is 9.59 Å². The Bertz CT molecular complexity index is 1630. The van der Waals surface area contributed by atoms with Gasteiger partial charge in [0.05, 0.1) is 13.2 Å². The monoisotopic (exact) mass is 567 g/mol. The number of nitrogens with zero attached hydrogens (tertiary/aromatic N) is 3. The summed E-state index contributed by atoms with van der Waals surface area (Å²) in [4.78, 5) is 35.3. The van der Waals surface area contributed by atoms with Gasteiger partial charge in [0.15, 0.2) is 11.5 Å². The number of carbonyl (C=O) groups excluding carboxylic acids is 2. The molecule has 0 saturated carbocycles. The van der Waals surface area contributed by atoms with E-state index in [1.54, 1.807) is 17.9 Å². The summed E-state index contributed by atoms with van der Waals surface area (Å²) < 4.78 is 51.2. The van der Waals surface area contributed by atoms with Crippen LogP contribution in [0.4, 0.5) is 18.9 Å². The summed E-state index contributed by atoms with van der Waals surface area (Å²) >= 11 is 0. The van der Waals surface area contributed by atoms with Crippen molar-refractivity contribution in [2.24, 2.45) is 5.73 Å². The van der Waals surface area contributed by atoms with Gasteiger partial charge in [0.25, 0.3) is 5.91 Å². The van der Waals surface area contributed by atoms with Crippen molar-refractivity contribution in [3.63, 3.8) is 0 Å². The highest BCUT2D eigenvalue weighted by Crippen LogP contribution is 2.38. The number of halogens is 3. The number of nitrogens with two attached hydrogens (primary N) is 1. The molecular weight excluding hydrogens is 539 g/mol. The lowest BCUT2D eigenvalue weighted by Gasteiger charge is -2.33. The number of aromatic nitrogens is 2. The second kappa shape index (κ2) is 10.8. The van der Waals surface area contributed by atoms with E-state index < -0.39 is 23.8 Å². The molecule has 4 aromatic rings. The molecule has 214 valence electrons. The first-order valence-electron chi connectivity index (χ1n) is 13.0. The van der Waals surface area contributed by atoms with Crippen LogP contribution in [0.5, 0.6) is 5.75 Å². The Kier molecular flexibility index (Phi) is 7.43. The molecule has 3 heterocycles. The van der Waals surface area contributed by atoms with Gasteiger partial charge in [-0.25, -0.2) is 9.97 Å². The molecule has 0 radical (unpaired) electrons. The van der Waals surface area contributed by atoms with E-state index in [4.69, 9.17) is 14.9 Å². The van der Waals surface area contributed by atoms with Crippen molar-refractivity contribution in [1.29, 1.82) is 0 Å². The number of para-hydroxylation sites is 1. The molecule has 0 aliphatic carbocycles. The number of amides is 2. The number of anilines is 1. The van der Waals surface area contributed by atoms with Gasteiger partial charge >= 0.3 is 6.18 Å². The summed E-state index contributed by atoms with van der Waals surface area (Å²) in [5.41, 5.74) is 7.09. The molecule has 0 fully saturated rings. The van der Waals surface area contributed by atoms with Gasteiger partial charge in [0, 0.05) is 42.6 Å². The third-order valence-electron chi connectivity index (χ3n) is 7.10. The fraction of sp³-hybridized carbons (Fsp3) is 0.310. The van der Waals surface area contributed by atoms with Crippen LogP contribution in [0.2, 0.25) is 0 Å². The SMILES string of the molecule is COc1ccc(-c2nc(C(=O)NCC3CCN(C(C)=O)c4ccccc43)c([C@H](C)N)o2)c2ccc(C(F)(F)F)nc12. The smallest absolute Gasteiger partial charge is 0.433 e. The number of fused-ring (bicyclic) bond motifs is 2. The van der Waals surface area contributed by atoms with E-state index in [9.17, 15) is 22.8 Å². The van der Waals surface area contributed by atoms with Gasteiger partial charge in [-0.1, -0.05) is 18.2 Å². The zero-order valence-electron chi connectivity index (χ0n) is 22.6. The molecule has 1 aliphatic heterocycles. The summed E-state index contributed by atoms with van der Waals surface area (Å²) in [5, 5.41) is 3.22. The molecule has 1 aliphatic rings. The number of oxazole rings is 1. The van der Waals surface area contributed by atoms with Crippen molar-refractivity contribution < 1.29 is 31.9 Å². The van der Waals surface area contributed by atoms with Crippen LogP contribution in [-0.2, 0) is 11.0 Å². The fourth-order valence-corrected chi connectivity index (χ4v) is 5.10. The lowest BCUT2D eigenvalue weighted by molar-refractivity contribution is -0.141. The number of nitrogens with one attached hydrogen (secondary N) is 1. The molecule has 2 aromatic heterocycles. The van der Waals surface area contributed by atoms with Gasteiger partial charge in [-0.15, -0.1) is 0 Å². The Morgan fingerprint density at radius 2 is 1.93 bits per heavy atom. The van der Waals surface area contributed by atoms with E-state index in [0.717, 1.165) is 17.3 Å². The molecule has 2 atom stereocenters. The Morgan fingerprint density at radius 3 is 2.61 bits per heavy atom. The Morgan fingerprint density at radius 1 is 1.17 bits per heavy atom. The summed E-state index contributed by atoms with van der Waals surface area (Å²) in [6.45, 7) is 3.98. The van der Waals surface area contributed by atoms with Gasteiger partial charge < -0.3 is 25.1 Å². The zero-order chi connectivity index (χ0) is 29.5.